The second-order valence-corrected chi connectivity index (χ2v) is 4.45. The van der Waals surface area contributed by atoms with E-state index in [0.29, 0.717) is 5.69 Å². The van der Waals surface area contributed by atoms with Crippen LogP contribution in [0.15, 0.2) is 48.8 Å². The lowest BCUT2D eigenvalue weighted by molar-refractivity contribution is 0.100. The van der Waals surface area contributed by atoms with Crippen molar-refractivity contribution in [2.24, 2.45) is 5.73 Å². The molecule has 2 heterocycles. The zero-order chi connectivity index (χ0) is 14.8. The number of hydrogen-bond donors (Lipinski definition) is 2. The zero-order valence-corrected chi connectivity index (χ0v) is 10.9. The van der Waals surface area contributed by atoms with Crippen LogP contribution < -0.4 is 11.1 Å². The van der Waals surface area contributed by atoms with Crippen LogP contribution in [0.3, 0.4) is 0 Å². The first kappa shape index (κ1) is 13.0. The molecule has 0 aliphatic carbocycles. The molecule has 5 nitrogen and oxygen atoms in total. The van der Waals surface area contributed by atoms with E-state index in [4.69, 9.17) is 5.73 Å². The molecule has 2 aromatic heterocycles. The SMILES string of the molecule is NC(=O)c1cc(F)cnc1Nc1ccc2ncccc2c1. The fourth-order valence-corrected chi connectivity index (χ4v) is 2.02. The summed E-state index contributed by atoms with van der Waals surface area (Å²) >= 11 is 0. The molecule has 0 fully saturated rings. The van der Waals surface area contributed by atoms with Gasteiger partial charge in [-0.05, 0) is 30.3 Å². The number of nitrogens with two attached hydrogens (primary N) is 1. The van der Waals surface area contributed by atoms with Crippen molar-refractivity contribution in [1.29, 1.82) is 0 Å². The van der Waals surface area contributed by atoms with Crippen molar-refractivity contribution in [3.05, 3.63) is 60.2 Å². The highest BCUT2D eigenvalue weighted by molar-refractivity contribution is 5.98. The number of pyridine rings is 2. The van der Waals surface area contributed by atoms with E-state index in [9.17, 15) is 9.18 Å². The van der Waals surface area contributed by atoms with Gasteiger partial charge in [0.25, 0.3) is 5.91 Å². The van der Waals surface area contributed by atoms with Gasteiger partial charge in [0.05, 0.1) is 17.3 Å². The van der Waals surface area contributed by atoms with Crippen LogP contribution in [0.2, 0.25) is 0 Å². The molecule has 6 heteroatoms. The Balaban J connectivity index is 2.00. The highest BCUT2D eigenvalue weighted by Gasteiger charge is 2.11. The van der Waals surface area contributed by atoms with Gasteiger partial charge in [-0.3, -0.25) is 9.78 Å². The quantitative estimate of drug-likeness (QED) is 0.773. The van der Waals surface area contributed by atoms with Crippen molar-refractivity contribution in [2.75, 3.05) is 5.32 Å². The van der Waals surface area contributed by atoms with Gasteiger partial charge >= 0.3 is 0 Å². The van der Waals surface area contributed by atoms with Crippen molar-refractivity contribution >= 4 is 28.3 Å². The zero-order valence-electron chi connectivity index (χ0n) is 10.9. The summed E-state index contributed by atoms with van der Waals surface area (Å²) in [7, 11) is 0. The summed E-state index contributed by atoms with van der Waals surface area (Å²) in [6.07, 6.45) is 2.74. The van der Waals surface area contributed by atoms with Gasteiger partial charge in [-0.2, -0.15) is 0 Å². The minimum absolute atomic E-state index is 0.00119. The fourth-order valence-electron chi connectivity index (χ4n) is 2.02. The van der Waals surface area contributed by atoms with Crippen molar-refractivity contribution in [2.45, 2.75) is 0 Å². The number of hydrogen-bond acceptors (Lipinski definition) is 4. The molecule has 0 bridgehead atoms. The lowest BCUT2D eigenvalue weighted by atomic mass is 10.2. The molecule has 0 saturated heterocycles. The van der Waals surface area contributed by atoms with E-state index >= 15 is 0 Å². The second-order valence-electron chi connectivity index (χ2n) is 4.45. The highest BCUT2D eigenvalue weighted by Crippen LogP contribution is 2.22. The van der Waals surface area contributed by atoms with Crippen LogP contribution in [0.25, 0.3) is 10.9 Å². The Morgan fingerprint density at radius 2 is 2.05 bits per heavy atom. The second kappa shape index (κ2) is 5.16. The maximum Gasteiger partial charge on any atom is 0.252 e. The van der Waals surface area contributed by atoms with Crippen molar-refractivity contribution in [3.8, 4) is 0 Å². The van der Waals surface area contributed by atoms with E-state index in [1.54, 1.807) is 12.3 Å². The number of halogens is 1. The van der Waals surface area contributed by atoms with Crippen LogP contribution in [0.4, 0.5) is 15.9 Å². The van der Waals surface area contributed by atoms with E-state index < -0.39 is 11.7 Å². The maximum absolute atomic E-state index is 13.1. The van der Waals surface area contributed by atoms with E-state index in [2.05, 4.69) is 15.3 Å². The molecule has 1 amide bonds. The number of carbonyl (C=O) groups excluding carboxylic acids is 1. The van der Waals surface area contributed by atoms with Crippen LogP contribution >= 0.6 is 0 Å². The summed E-state index contributed by atoms with van der Waals surface area (Å²) in [6.45, 7) is 0. The third-order valence-corrected chi connectivity index (χ3v) is 2.99. The normalized spacial score (nSPS) is 10.5. The van der Waals surface area contributed by atoms with Crippen LogP contribution in [0, 0.1) is 5.82 Å². The van der Waals surface area contributed by atoms with Crippen LogP contribution in [-0.2, 0) is 0 Å². The summed E-state index contributed by atoms with van der Waals surface area (Å²) in [5, 5.41) is 3.90. The standard InChI is InChI=1S/C15H11FN4O/c16-10-7-12(14(17)21)15(19-8-10)20-11-3-4-13-9(6-11)2-1-5-18-13/h1-8H,(H2,17,21)(H,19,20). The molecule has 3 rings (SSSR count). The van der Waals surface area contributed by atoms with Gasteiger partial charge in [-0.25, -0.2) is 9.37 Å². The molecule has 0 atom stereocenters. The molecule has 104 valence electrons. The molecular formula is C15H11FN4O. The summed E-state index contributed by atoms with van der Waals surface area (Å²) in [6, 6.07) is 10.3. The largest absolute Gasteiger partial charge is 0.365 e. The van der Waals surface area contributed by atoms with Crippen molar-refractivity contribution in [1.82, 2.24) is 9.97 Å². The van der Waals surface area contributed by atoms with Crippen LogP contribution in [0.1, 0.15) is 10.4 Å². The predicted octanol–water partition coefficient (Wildman–Crippen LogP) is 2.61. The molecular weight excluding hydrogens is 271 g/mol. The Kier molecular flexibility index (Phi) is 3.19. The summed E-state index contributed by atoms with van der Waals surface area (Å²) < 4.78 is 13.1. The first-order chi connectivity index (χ1) is 10.1. The first-order valence-electron chi connectivity index (χ1n) is 6.20. The average Bonchev–Trinajstić information content (AvgIpc) is 2.49. The number of anilines is 2. The minimum Gasteiger partial charge on any atom is -0.365 e. The fraction of sp³-hybridized carbons (Fsp3) is 0. The summed E-state index contributed by atoms with van der Waals surface area (Å²) in [5.74, 6) is -1.14. The van der Waals surface area contributed by atoms with Crippen molar-refractivity contribution < 1.29 is 9.18 Å². The minimum atomic E-state index is -0.744. The number of carbonyl (C=O) groups is 1. The number of nitrogens with one attached hydrogen (secondary N) is 1. The van der Waals surface area contributed by atoms with Gasteiger partial charge in [-0.15, -0.1) is 0 Å². The molecule has 0 unspecified atom stereocenters. The number of primary amides is 1. The average molecular weight is 282 g/mol. The number of amides is 1. The molecule has 21 heavy (non-hydrogen) atoms. The summed E-state index contributed by atoms with van der Waals surface area (Å²) in [5.41, 5.74) is 6.79. The number of aromatic nitrogens is 2. The number of benzene rings is 1. The molecule has 1 aromatic carbocycles. The molecule has 3 N–H and O–H groups in total. The van der Waals surface area contributed by atoms with E-state index in [-0.39, 0.29) is 11.4 Å². The molecule has 0 aliphatic heterocycles. The van der Waals surface area contributed by atoms with Crippen LogP contribution in [-0.4, -0.2) is 15.9 Å². The van der Waals surface area contributed by atoms with Gasteiger partial charge in [0.15, 0.2) is 0 Å². The molecule has 0 radical (unpaired) electrons. The smallest absolute Gasteiger partial charge is 0.252 e. The Bertz CT molecular complexity index is 835. The topological polar surface area (TPSA) is 80.9 Å². The molecule has 0 aliphatic rings. The summed E-state index contributed by atoms with van der Waals surface area (Å²) in [4.78, 5) is 19.4. The van der Waals surface area contributed by atoms with E-state index in [0.717, 1.165) is 23.2 Å². The number of nitrogens with zero attached hydrogens (tertiary/aromatic N) is 2. The van der Waals surface area contributed by atoms with Gasteiger partial charge in [0.2, 0.25) is 0 Å². The monoisotopic (exact) mass is 282 g/mol. The lowest BCUT2D eigenvalue weighted by Crippen LogP contribution is -2.14. The molecule has 0 saturated carbocycles. The first-order valence-corrected chi connectivity index (χ1v) is 6.20. The third-order valence-electron chi connectivity index (χ3n) is 2.99. The third kappa shape index (κ3) is 2.64. The van der Waals surface area contributed by atoms with E-state index in [1.165, 1.54) is 0 Å². The van der Waals surface area contributed by atoms with Gasteiger partial charge in [-0.1, -0.05) is 6.07 Å². The van der Waals surface area contributed by atoms with Gasteiger partial charge in [0, 0.05) is 17.3 Å². The number of fused-ring (bicyclic) bond motifs is 1. The Morgan fingerprint density at radius 3 is 2.86 bits per heavy atom. The molecule has 3 aromatic rings. The maximum atomic E-state index is 13.1. The highest BCUT2D eigenvalue weighted by atomic mass is 19.1. The van der Waals surface area contributed by atoms with E-state index in [1.807, 2.05) is 24.3 Å². The Labute approximate surface area is 119 Å². The Morgan fingerprint density at radius 1 is 1.19 bits per heavy atom. The van der Waals surface area contributed by atoms with Gasteiger partial charge in [0.1, 0.15) is 11.6 Å². The van der Waals surface area contributed by atoms with Gasteiger partial charge < -0.3 is 11.1 Å². The lowest BCUT2D eigenvalue weighted by Gasteiger charge is -2.09. The molecule has 0 spiro atoms. The van der Waals surface area contributed by atoms with Crippen LogP contribution in [0.5, 0.6) is 0 Å². The Hall–Kier alpha value is -3.02. The number of rotatable bonds is 3. The predicted molar refractivity (Wildman–Crippen MR) is 77.7 cm³/mol. The van der Waals surface area contributed by atoms with Crippen molar-refractivity contribution in [3.63, 3.8) is 0 Å².